The first-order valence-electron chi connectivity index (χ1n) is 12.5. The molecule has 0 saturated heterocycles. The number of ketones is 1. The van der Waals surface area contributed by atoms with E-state index in [1.165, 1.54) is 6.42 Å². The quantitative estimate of drug-likeness (QED) is 0.469. The van der Waals surface area contributed by atoms with Crippen molar-refractivity contribution >= 4 is 23.2 Å². The lowest BCUT2D eigenvalue weighted by atomic mass is 9.81. The largest absolute Gasteiger partial charge is 0.469 e. The summed E-state index contributed by atoms with van der Waals surface area (Å²) in [5.74, 6) is 1.30. The molecule has 2 atom stereocenters. The molecule has 3 aromatic rings. The molecule has 2 unspecified atom stereocenters. The maximum atomic E-state index is 13.9. The minimum absolute atomic E-state index is 0.00942. The fourth-order valence-electron chi connectivity index (χ4n) is 5.75. The Bertz CT molecular complexity index is 1240. The molecule has 0 radical (unpaired) electrons. The Labute approximate surface area is 204 Å². The number of fused-ring (bicyclic) bond motifs is 1. The van der Waals surface area contributed by atoms with Crippen LogP contribution >= 0.6 is 0 Å². The van der Waals surface area contributed by atoms with Crippen molar-refractivity contribution in [2.24, 2.45) is 0 Å². The fourth-order valence-corrected chi connectivity index (χ4v) is 5.75. The average Bonchev–Trinajstić information content (AvgIpc) is 3.57. The van der Waals surface area contributed by atoms with Gasteiger partial charge in [0, 0.05) is 29.7 Å². The molecule has 1 saturated carbocycles. The van der Waals surface area contributed by atoms with E-state index in [9.17, 15) is 9.59 Å². The van der Waals surface area contributed by atoms with Gasteiger partial charge in [-0.2, -0.15) is 0 Å². The summed E-state index contributed by atoms with van der Waals surface area (Å²) in [7, 11) is 0. The normalized spacial score (nSPS) is 22.7. The topological polar surface area (TPSA) is 87.7 Å². The van der Waals surface area contributed by atoms with Gasteiger partial charge >= 0.3 is 6.03 Å². The Morgan fingerprint density at radius 3 is 2.40 bits per heavy atom. The van der Waals surface area contributed by atoms with Crippen LogP contribution in [0.2, 0.25) is 0 Å². The molecule has 1 aliphatic heterocycles. The molecule has 2 aromatic heterocycles. The molecular weight excluding hydrogens is 442 g/mol. The van der Waals surface area contributed by atoms with E-state index in [1.54, 1.807) is 23.5 Å². The Morgan fingerprint density at radius 2 is 1.66 bits per heavy atom. The molecule has 2 aliphatic carbocycles. The highest BCUT2D eigenvalue weighted by molar-refractivity contribution is 6.05. The lowest BCUT2D eigenvalue weighted by Gasteiger charge is -2.34. The van der Waals surface area contributed by atoms with Crippen LogP contribution < -0.4 is 15.5 Å². The highest BCUT2D eigenvalue weighted by Crippen LogP contribution is 2.47. The number of anilines is 2. The van der Waals surface area contributed by atoms with Crippen molar-refractivity contribution in [1.29, 1.82) is 0 Å². The van der Waals surface area contributed by atoms with E-state index in [0.29, 0.717) is 24.2 Å². The number of urea groups is 1. The molecule has 7 heteroatoms. The summed E-state index contributed by atoms with van der Waals surface area (Å²) in [5.41, 5.74) is 2.90. The number of hydrogen-bond acceptors (Lipinski definition) is 5. The third-order valence-electron chi connectivity index (χ3n) is 7.40. The SMILES string of the molecule is O=C1CC(c2ccco2)CC2=C1C(c1ccco1)N(C(=O)NC1CCCCC1)c1ccccc1N2. The molecule has 0 spiro atoms. The van der Waals surface area contributed by atoms with Crippen LogP contribution in [0.15, 0.2) is 81.2 Å². The van der Waals surface area contributed by atoms with Crippen molar-refractivity contribution in [3.8, 4) is 0 Å². The number of hydrogen-bond donors (Lipinski definition) is 2. The molecule has 35 heavy (non-hydrogen) atoms. The molecule has 2 amide bonds. The predicted molar refractivity (Wildman–Crippen MR) is 132 cm³/mol. The molecule has 3 aliphatic rings. The summed E-state index contributed by atoms with van der Waals surface area (Å²) in [6.45, 7) is 0. The molecule has 0 bridgehead atoms. The van der Waals surface area contributed by atoms with Crippen LogP contribution in [0.4, 0.5) is 16.2 Å². The van der Waals surface area contributed by atoms with E-state index in [-0.39, 0.29) is 23.8 Å². The third-order valence-corrected chi connectivity index (χ3v) is 7.40. The Hall–Kier alpha value is -3.74. The van der Waals surface area contributed by atoms with Gasteiger partial charge in [-0.25, -0.2) is 4.79 Å². The number of Topliss-reactive ketones (excluding diaryl/α,β-unsaturated/α-hetero) is 1. The van der Waals surface area contributed by atoms with E-state index in [4.69, 9.17) is 8.83 Å². The predicted octanol–water partition coefficient (Wildman–Crippen LogP) is 6.29. The smallest absolute Gasteiger partial charge is 0.323 e. The number of carbonyl (C=O) groups excluding carboxylic acids is 2. The number of amides is 2. The van der Waals surface area contributed by atoms with Crippen molar-refractivity contribution in [2.45, 2.75) is 62.9 Å². The van der Waals surface area contributed by atoms with Gasteiger partial charge in [-0.15, -0.1) is 0 Å². The average molecular weight is 472 g/mol. The lowest BCUT2D eigenvalue weighted by molar-refractivity contribution is -0.116. The van der Waals surface area contributed by atoms with Gasteiger partial charge in [-0.1, -0.05) is 31.4 Å². The van der Waals surface area contributed by atoms with Crippen LogP contribution in [0.25, 0.3) is 0 Å². The number of nitrogens with zero attached hydrogens (tertiary/aromatic N) is 1. The van der Waals surface area contributed by atoms with Crippen LogP contribution in [0.3, 0.4) is 0 Å². The van der Waals surface area contributed by atoms with Crippen LogP contribution in [-0.2, 0) is 4.79 Å². The monoisotopic (exact) mass is 471 g/mol. The summed E-state index contributed by atoms with van der Waals surface area (Å²) in [6.07, 6.45) is 9.56. The second-order valence-electron chi connectivity index (χ2n) is 9.65. The van der Waals surface area contributed by atoms with E-state index in [1.807, 2.05) is 42.5 Å². The molecule has 1 fully saturated rings. The highest BCUT2D eigenvalue weighted by atomic mass is 16.3. The first kappa shape index (κ1) is 21.8. The molecule has 6 rings (SSSR count). The molecule has 3 heterocycles. The van der Waals surface area contributed by atoms with Crippen LogP contribution in [0.1, 0.15) is 68.4 Å². The van der Waals surface area contributed by atoms with E-state index < -0.39 is 6.04 Å². The van der Waals surface area contributed by atoms with Gasteiger partial charge in [0.25, 0.3) is 0 Å². The number of furan rings is 2. The first-order chi connectivity index (χ1) is 17.2. The number of rotatable bonds is 3. The van der Waals surface area contributed by atoms with Gasteiger partial charge in [0.1, 0.15) is 17.6 Å². The van der Waals surface area contributed by atoms with Crippen molar-refractivity contribution < 1.29 is 18.4 Å². The zero-order valence-electron chi connectivity index (χ0n) is 19.5. The molecule has 180 valence electrons. The summed E-state index contributed by atoms with van der Waals surface area (Å²) in [4.78, 5) is 29.4. The van der Waals surface area contributed by atoms with Crippen molar-refractivity contribution in [1.82, 2.24) is 5.32 Å². The zero-order chi connectivity index (χ0) is 23.8. The molecule has 2 N–H and O–H groups in total. The summed E-state index contributed by atoms with van der Waals surface area (Å²) in [5, 5.41) is 6.78. The maximum absolute atomic E-state index is 13.9. The Balaban J connectivity index is 1.46. The first-order valence-corrected chi connectivity index (χ1v) is 12.5. The van der Waals surface area contributed by atoms with Crippen molar-refractivity contribution in [3.63, 3.8) is 0 Å². The lowest BCUT2D eigenvalue weighted by Crippen LogP contribution is -2.48. The van der Waals surface area contributed by atoms with Crippen LogP contribution in [0, 0.1) is 0 Å². The summed E-state index contributed by atoms with van der Waals surface area (Å²) in [6, 6.07) is 14.4. The zero-order valence-corrected chi connectivity index (χ0v) is 19.5. The van der Waals surface area contributed by atoms with E-state index in [0.717, 1.165) is 48.5 Å². The van der Waals surface area contributed by atoms with Gasteiger partial charge in [0.15, 0.2) is 5.78 Å². The second kappa shape index (κ2) is 9.13. The van der Waals surface area contributed by atoms with Crippen LogP contribution in [-0.4, -0.2) is 17.9 Å². The number of para-hydroxylation sites is 2. The maximum Gasteiger partial charge on any atom is 0.323 e. The summed E-state index contributed by atoms with van der Waals surface area (Å²) < 4.78 is 11.5. The molecular formula is C28H29N3O4. The standard InChI is InChI=1S/C28H29N3O4/c32-23-17-18(24-12-6-14-34-24)16-21-26(23)27(25-13-7-15-35-25)31(22-11-5-4-10-20(22)30-21)28(33)29-19-8-2-1-3-9-19/h4-7,10-15,18-19,27,30H,1-3,8-9,16-17H2,(H,29,33). The third kappa shape index (κ3) is 4.05. The van der Waals surface area contributed by atoms with E-state index >= 15 is 0 Å². The molecule has 7 nitrogen and oxygen atoms in total. The minimum Gasteiger partial charge on any atom is -0.469 e. The highest BCUT2D eigenvalue weighted by Gasteiger charge is 2.43. The number of allylic oxidation sites excluding steroid dienone is 1. The minimum atomic E-state index is -0.662. The molecule has 1 aromatic carbocycles. The van der Waals surface area contributed by atoms with Gasteiger partial charge < -0.3 is 19.5 Å². The number of carbonyl (C=O) groups is 2. The van der Waals surface area contributed by atoms with Gasteiger partial charge in [-0.3, -0.25) is 9.69 Å². The number of nitrogens with one attached hydrogen (secondary N) is 2. The Kier molecular flexibility index (Phi) is 5.68. The van der Waals surface area contributed by atoms with Gasteiger partial charge in [0.2, 0.25) is 0 Å². The second-order valence-corrected chi connectivity index (χ2v) is 9.65. The fraction of sp³-hybridized carbons (Fsp3) is 0.357. The van der Waals surface area contributed by atoms with Crippen molar-refractivity contribution in [3.05, 3.63) is 83.8 Å². The van der Waals surface area contributed by atoms with Gasteiger partial charge in [0.05, 0.1) is 23.9 Å². The number of benzene rings is 1. The Morgan fingerprint density at radius 1 is 0.914 bits per heavy atom. The summed E-state index contributed by atoms with van der Waals surface area (Å²) >= 11 is 0. The van der Waals surface area contributed by atoms with Crippen molar-refractivity contribution in [2.75, 3.05) is 10.2 Å². The van der Waals surface area contributed by atoms with E-state index in [2.05, 4.69) is 10.6 Å². The van der Waals surface area contributed by atoms with Gasteiger partial charge in [-0.05, 0) is 55.7 Å². The van der Waals surface area contributed by atoms with Crippen LogP contribution in [0.5, 0.6) is 0 Å².